The lowest BCUT2D eigenvalue weighted by Crippen LogP contribution is -2.19. The number of aryl methyl sites for hydroxylation is 1. The van der Waals surface area contributed by atoms with Gasteiger partial charge in [0, 0.05) is 19.2 Å². The Morgan fingerprint density at radius 3 is 2.79 bits per heavy atom. The SMILES string of the molecule is Cc1nc(NCC#N)cc(NCC2CCN(C)C2)n1. The Balaban J connectivity index is 1.92. The Labute approximate surface area is 113 Å². The Bertz CT molecular complexity index is 467. The standard InChI is InChI=1S/C13H20N6/c1-10-17-12(15-5-4-14)7-13(18-10)16-8-11-3-6-19(2)9-11/h7,11H,3,5-6,8-9H2,1-2H3,(H2,15,16,17,18). The van der Waals surface area contributed by atoms with Gasteiger partial charge in [-0.2, -0.15) is 5.26 Å². The van der Waals surface area contributed by atoms with Crippen molar-refractivity contribution in [3.05, 3.63) is 11.9 Å². The Kier molecular flexibility index (Phi) is 4.53. The molecule has 1 atom stereocenters. The van der Waals surface area contributed by atoms with E-state index in [0.29, 0.717) is 17.6 Å². The van der Waals surface area contributed by atoms with Gasteiger partial charge >= 0.3 is 0 Å². The van der Waals surface area contributed by atoms with Gasteiger partial charge in [0.1, 0.15) is 24.0 Å². The van der Waals surface area contributed by atoms with Crippen molar-refractivity contribution in [3.63, 3.8) is 0 Å². The predicted octanol–water partition coefficient (Wildman–Crippen LogP) is 1.08. The van der Waals surface area contributed by atoms with E-state index in [0.717, 1.165) is 18.9 Å². The second kappa shape index (κ2) is 6.34. The van der Waals surface area contributed by atoms with E-state index in [1.807, 2.05) is 19.1 Å². The van der Waals surface area contributed by atoms with E-state index >= 15 is 0 Å². The Morgan fingerprint density at radius 1 is 1.42 bits per heavy atom. The average molecular weight is 260 g/mol. The number of nitriles is 1. The molecule has 1 aromatic rings. The summed E-state index contributed by atoms with van der Waals surface area (Å²) in [6.07, 6.45) is 1.23. The van der Waals surface area contributed by atoms with Gasteiger partial charge in [-0.25, -0.2) is 9.97 Å². The Hall–Kier alpha value is -1.87. The van der Waals surface area contributed by atoms with Gasteiger partial charge in [-0.05, 0) is 32.9 Å². The second-order valence-corrected chi connectivity index (χ2v) is 5.00. The highest BCUT2D eigenvalue weighted by Gasteiger charge is 2.19. The first-order chi connectivity index (χ1) is 9.17. The molecule has 102 valence electrons. The smallest absolute Gasteiger partial charge is 0.132 e. The summed E-state index contributed by atoms with van der Waals surface area (Å²) in [6.45, 7) is 5.34. The molecule has 0 saturated carbocycles. The summed E-state index contributed by atoms with van der Waals surface area (Å²) in [6, 6.07) is 3.89. The van der Waals surface area contributed by atoms with Crippen molar-refractivity contribution < 1.29 is 0 Å². The number of rotatable bonds is 5. The zero-order chi connectivity index (χ0) is 13.7. The maximum atomic E-state index is 8.56. The lowest BCUT2D eigenvalue weighted by Gasteiger charge is -2.13. The van der Waals surface area contributed by atoms with Crippen LogP contribution in [0.5, 0.6) is 0 Å². The highest BCUT2D eigenvalue weighted by atomic mass is 15.1. The number of hydrogen-bond acceptors (Lipinski definition) is 6. The lowest BCUT2D eigenvalue weighted by molar-refractivity contribution is 0.399. The molecule has 1 unspecified atom stereocenters. The summed E-state index contributed by atoms with van der Waals surface area (Å²) >= 11 is 0. The monoisotopic (exact) mass is 260 g/mol. The maximum Gasteiger partial charge on any atom is 0.132 e. The average Bonchev–Trinajstić information content (AvgIpc) is 2.79. The Morgan fingerprint density at radius 2 is 2.16 bits per heavy atom. The summed E-state index contributed by atoms with van der Waals surface area (Å²) in [5.74, 6) is 2.90. The van der Waals surface area contributed by atoms with Crippen molar-refractivity contribution in [3.8, 4) is 6.07 Å². The summed E-state index contributed by atoms with van der Waals surface area (Å²) < 4.78 is 0. The van der Waals surface area contributed by atoms with Crippen LogP contribution in [0.15, 0.2) is 6.07 Å². The first-order valence-electron chi connectivity index (χ1n) is 6.56. The molecule has 0 radical (unpaired) electrons. The highest BCUT2D eigenvalue weighted by molar-refractivity contribution is 5.47. The minimum atomic E-state index is 0.253. The van der Waals surface area contributed by atoms with Gasteiger partial charge in [0.05, 0.1) is 6.07 Å². The molecule has 6 heteroatoms. The fourth-order valence-corrected chi connectivity index (χ4v) is 2.32. The number of nitrogens with one attached hydrogen (secondary N) is 2. The van der Waals surface area contributed by atoms with Gasteiger partial charge in [-0.15, -0.1) is 0 Å². The molecule has 1 saturated heterocycles. The van der Waals surface area contributed by atoms with Gasteiger partial charge in [0.25, 0.3) is 0 Å². The van der Waals surface area contributed by atoms with Crippen LogP contribution in [0.25, 0.3) is 0 Å². The predicted molar refractivity (Wildman–Crippen MR) is 75.0 cm³/mol. The number of anilines is 2. The zero-order valence-electron chi connectivity index (χ0n) is 11.5. The third kappa shape index (κ3) is 4.07. The molecular weight excluding hydrogens is 240 g/mol. The number of likely N-dealkylation sites (tertiary alicyclic amines) is 1. The topological polar surface area (TPSA) is 76.9 Å². The van der Waals surface area contributed by atoms with Crippen molar-refractivity contribution >= 4 is 11.6 Å². The summed E-state index contributed by atoms with van der Waals surface area (Å²) in [5.41, 5.74) is 0. The molecule has 0 spiro atoms. The van der Waals surface area contributed by atoms with E-state index in [-0.39, 0.29) is 6.54 Å². The lowest BCUT2D eigenvalue weighted by atomic mass is 10.1. The normalized spacial score (nSPS) is 19.1. The minimum absolute atomic E-state index is 0.253. The molecule has 1 fully saturated rings. The van der Waals surface area contributed by atoms with Crippen LogP contribution in [0, 0.1) is 24.2 Å². The molecule has 1 aliphatic heterocycles. The fraction of sp³-hybridized carbons (Fsp3) is 0.615. The van der Waals surface area contributed by atoms with E-state index < -0.39 is 0 Å². The molecule has 6 nitrogen and oxygen atoms in total. The molecule has 0 aromatic carbocycles. The molecule has 19 heavy (non-hydrogen) atoms. The summed E-state index contributed by atoms with van der Waals surface area (Å²) in [4.78, 5) is 10.9. The van der Waals surface area contributed by atoms with Crippen LogP contribution in [0.1, 0.15) is 12.2 Å². The van der Waals surface area contributed by atoms with Gasteiger partial charge in [0.15, 0.2) is 0 Å². The molecule has 0 aliphatic carbocycles. The van der Waals surface area contributed by atoms with Crippen LogP contribution in [-0.2, 0) is 0 Å². The molecule has 2 N–H and O–H groups in total. The van der Waals surface area contributed by atoms with Crippen molar-refractivity contribution in [2.45, 2.75) is 13.3 Å². The summed E-state index contributed by atoms with van der Waals surface area (Å²) in [5, 5.41) is 14.9. The summed E-state index contributed by atoms with van der Waals surface area (Å²) in [7, 11) is 2.15. The fourth-order valence-electron chi connectivity index (χ4n) is 2.32. The maximum absolute atomic E-state index is 8.56. The largest absolute Gasteiger partial charge is 0.370 e. The number of hydrogen-bond donors (Lipinski definition) is 2. The quantitative estimate of drug-likeness (QED) is 0.772. The van der Waals surface area contributed by atoms with Crippen molar-refractivity contribution in [1.29, 1.82) is 5.26 Å². The van der Waals surface area contributed by atoms with E-state index in [2.05, 4.69) is 32.5 Å². The zero-order valence-corrected chi connectivity index (χ0v) is 11.5. The minimum Gasteiger partial charge on any atom is -0.370 e. The number of aromatic nitrogens is 2. The van der Waals surface area contributed by atoms with Crippen LogP contribution in [-0.4, -0.2) is 48.1 Å². The van der Waals surface area contributed by atoms with E-state index in [4.69, 9.17) is 5.26 Å². The molecule has 1 aromatic heterocycles. The van der Waals surface area contributed by atoms with Crippen LogP contribution < -0.4 is 10.6 Å². The van der Waals surface area contributed by atoms with E-state index in [1.54, 1.807) is 0 Å². The van der Waals surface area contributed by atoms with Crippen LogP contribution in [0.2, 0.25) is 0 Å². The van der Waals surface area contributed by atoms with Crippen molar-refractivity contribution in [2.24, 2.45) is 5.92 Å². The number of nitrogens with zero attached hydrogens (tertiary/aromatic N) is 4. The van der Waals surface area contributed by atoms with Crippen molar-refractivity contribution in [1.82, 2.24) is 14.9 Å². The third-order valence-electron chi connectivity index (χ3n) is 3.25. The van der Waals surface area contributed by atoms with E-state index in [1.165, 1.54) is 13.0 Å². The van der Waals surface area contributed by atoms with Gasteiger partial charge < -0.3 is 15.5 Å². The first-order valence-corrected chi connectivity index (χ1v) is 6.56. The van der Waals surface area contributed by atoms with Gasteiger partial charge in [-0.1, -0.05) is 0 Å². The molecule has 2 heterocycles. The second-order valence-electron chi connectivity index (χ2n) is 5.00. The van der Waals surface area contributed by atoms with Crippen LogP contribution in [0.4, 0.5) is 11.6 Å². The molecule has 2 rings (SSSR count). The third-order valence-corrected chi connectivity index (χ3v) is 3.25. The molecule has 1 aliphatic rings. The molecule has 0 amide bonds. The van der Waals surface area contributed by atoms with Crippen molar-refractivity contribution in [2.75, 3.05) is 43.9 Å². The molecular formula is C13H20N6. The van der Waals surface area contributed by atoms with Gasteiger partial charge in [0.2, 0.25) is 0 Å². The van der Waals surface area contributed by atoms with Crippen LogP contribution >= 0.6 is 0 Å². The van der Waals surface area contributed by atoms with Gasteiger partial charge in [-0.3, -0.25) is 0 Å². The molecule has 0 bridgehead atoms. The highest BCUT2D eigenvalue weighted by Crippen LogP contribution is 2.16. The first kappa shape index (κ1) is 13.6. The van der Waals surface area contributed by atoms with Crippen LogP contribution in [0.3, 0.4) is 0 Å². The van der Waals surface area contributed by atoms with E-state index in [9.17, 15) is 0 Å².